The minimum atomic E-state index is -0.481. The normalized spacial score (nSPS) is 10.3. The van der Waals surface area contributed by atoms with E-state index in [4.69, 9.17) is 4.74 Å². The van der Waals surface area contributed by atoms with Gasteiger partial charge in [0.2, 0.25) is 0 Å². The van der Waals surface area contributed by atoms with E-state index in [0.29, 0.717) is 18.2 Å². The second kappa shape index (κ2) is 5.23. The van der Waals surface area contributed by atoms with E-state index in [2.05, 4.69) is 15.5 Å². The SMILES string of the molecule is CC(C)COC(=O)NCc1cc(=O)[nH][nH]1. The van der Waals surface area contributed by atoms with Gasteiger partial charge in [-0.1, -0.05) is 13.8 Å². The lowest BCUT2D eigenvalue weighted by molar-refractivity contribution is 0.132. The topological polar surface area (TPSA) is 87.0 Å². The summed E-state index contributed by atoms with van der Waals surface area (Å²) < 4.78 is 4.88. The molecule has 1 aromatic heterocycles. The van der Waals surface area contributed by atoms with Crippen molar-refractivity contribution in [1.82, 2.24) is 15.5 Å². The highest BCUT2D eigenvalue weighted by atomic mass is 16.5. The quantitative estimate of drug-likeness (QED) is 0.683. The Kier molecular flexibility index (Phi) is 3.96. The number of hydrogen-bond acceptors (Lipinski definition) is 3. The van der Waals surface area contributed by atoms with E-state index < -0.39 is 6.09 Å². The maximum absolute atomic E-state index is 11.1. The van der Waals surface area contributed by atoms with Crippen LogP contribution < -0.4 is 10.9 Å². The van der Waals surface area contributed by atoms with Crippen molar-refractivity contribution < 1.29 is 9.53 Å². The highest BCUT2D eigenvalue weighted by molar-refractivity contribution is 5.67. The van der Waals surface area contributed by atoms with Crippen LogP contribution in [-0.2, 0) is 11.3 Å². The summed E-state index contributed by atoms with van der Waals surface area (Å²) in [4.78, 5) is 21.8. The number of aromatic amines is 2. The predicted octanol–water partition coefficient (Wildman–Crippen LogP) is 0.585. The lowest BCUT2D eigenvalue weighted by Gasteiger charge is -2.07. The third-order valence-corrected chi connectivity index (χ3v) is 1.62. The van der Waals surface area contributed by atoms with Gasteiger partial charge in [0.25, 0.3) is 5.56 Å². The van der Waals surface area contributed by atoms with Gasteiger partial charge < -0.3 is 15.2 Å². The molecule has 15 heavy (non-hydrogen) atoms. The smallest absolute Gasteiger partial charge is 0.407 e. The fraction of sp³-hybridized carbons (Fsp3) is 0.556. The molecule has 0 saturated heterocycles. The summed E-state index contributed by atoms with van der Waals surface area (Å²) in [6, 6.07) is 1.38. The van der Waals surface area contributed by atoms with Crippen LogP contribution in [0.25, 0.3) is 0 Å². The molecule has 0 unspecified atom stereocenters. The Morgan fingerprint density at radius 2 is 2.27 bits per heavy atom. The Hall–Kier alpha value is -1.72. The van der Waals surface area contributed by atoms with Crippen molar-refractivity contribution in [2.24, 2.45) is 5.92 Å². The van der Waals surface area contributed by atoms with Crippen molar-refractivity contribution in [3.8, 4) is 0 Å². The summed E-state index contributed by atoms with van der Waals surface area (Å²) >= 11 is 0. The van der Waals surface area contributed by atoms with E-state index in [1.54, 1.807) is 0 Å². The molecule has 0 spiro atoms. The Morgan fingerprint density at radius 3 is 2.80 bits per heavy atom. The standard InChI is InChI=1S/C9H15N3O3/c1-6(2)5-15-9(14)10-4-7-3-8(13)12-11-7/h3,6H,4-5H2,1-2H3,(H,10,14)(H2,11,12,13). The van der Waals surface area contributed by atoms with E-state index in [0.717, 1.165) is 0 Å². The lowest BCUT2D eigenvalue weighted by Crippen LogP contribution is -2.25. The molecule has 0 aliphatic heterocycles. The highest BCUT2D eigenvalue weighted by Crippen LogP contribution is 1.93. The first-order valence-corrected chi connectivity index (χ1v) is 4.75. The first kappa shape index (κ1) is 11.4. The molecule has 0 aliphatic carbocycles. The van der Waals surface area contributed by atoms with Crippen LogP contribution in [-0.4, -0.2) is 22.9 Å². The fourth-order valence-electron chi connectivity index (χ4n) is 0.928. The van der Waals surface area contributed by atoms with Crippen molar-refractivity contribution in [2.45, 2.75) is 20.4 Å². The van der Waals surface area contributed by atoms with Crippen molar-refractivity contribution in [2.75, 3.05) is 6.61 Å². The average molecular weight is 213 g/mol. The number of rotatable bonds is 4. The van der Waals surface area contributed by atoms with Gasteiger partial charge in [0.1, 0.15) is 0 Å². The molecule has 1 rings (SSSR count). The Bertz CT molecular complexity index is 367. The molecular weight excluding hydrogens is 198 g/mol. The maximum atomic E-state index is 11.1. The number of nitrogens with one attached hydrogen (secondary N) is 3. The molecule has 0 aliphatic rings. The third-order valence-electron chi connectivity index (χ3n) is 1.62. The summed E-state index contributed by atoms with van der Waals surface area (Å²) in [7, 11) is 0. The molecular formula is C9H15N3O3. The Morgan fingerprint density at radius 1 is 1.53 bits per heavy atom. The largest absolute Gasteiger partial charge is 0.449 e. The molecule has 0 aromatic carbocycles. The van der Waals surface area contributed by atoms with Crippen LogP contribution in [0.15, 0.2) is 10.9 Å². The van der Waals surface area contributed by atoms with Gasteiger partial charge in [0.15, 0.2) is 0 Å². The number of aromatic nitrogens is 2. The molecule has 6 nitrogen and oxygen atoms in total. The zero-order valence-electron chi connectivity index (χ0n) is 8.79. The monoisotopic (exact) mass is 213 g/mol. The Balaban J connectivity index is 2.25. The molecule has 1 heterocycles. The van der Waals surface area contributed by atoms with Crippen molar-refractivity contribution in [3.63, 3.8) is 0 Å². The van der Waals surface area contributed by atoms with Crippen molar-refractivity contribution >= 4 is 6.09 Å². The summed E-state index contributed by atoms with van der Waals surface area (Å²) in [5.41, 5.74) is 0.392. The van der Waals surface area contributed by atoms with Gasteiger partial charge in [-0.15, -0.1) is 0 Å². The van der Waals surface area contributed by atoms with E-state index in [-0.39, 0.29) is 12.1 Å². The van der Waals surface area contributed by atoms with Crippen LogP contribution in [0, 0.1) is 5.92 Å². The van der Waals surface area contributed by atoms with Gasteiger partial charge in [-0.05, 0) is 5.92 Å². The highest BCUT2D eigenvalue weighted by Gasteiger charge is 2.04. The van der Waals surface area contributed by atoms with Crippen LogP contribution in [0.1, 0.15) is 19.5 Å². The number of alkyl carbamates (subject to hydrolysis) is 1. The van der Waals surface area contributed by atoms with E-state index in [1.807, 2.05) is 13.8 Å². The number of amides is 1. The number of H-pyrrole nitrogens is 2. The fourth-order valence-corrected chi connectivity index (χ4v) is 0.928. The molecule has 0 fully saturated rings. The molecule has 1 amide bonds. The Labute approximate surface area is 87.0 Å². The van der Waals surface area contributed by atoms with Crippen LogP contribution in [0.4, 0.5) is 4.79 Å². The van der Waals surface area contributed by atoms with E-state index in [1.165, 1.54) is 6.07 Å². The minimum absolute atomic E-state index is 0.220. The van der Waals surface area contributed by atoms with Gasteiger partial charge in [0.05, 0.1) is 18.8 Å². The maximum Gasteiger partial charge on any atom is 0.407 e. The van der Waals surface area contributed by atoms with Crippen molar-refractivity contribution in [3.05, 3.63) is 22.1 Å². The number of hydrogen-bond donors (Lipinski definition) is 3. The van der Waals surface area contributed by atoms with Crippen LogP contribution >= 0.6 is 0 Å². The van der Waals surface area contributed by atoms with Gasteiger partial charge >= 0.3 is 6.09 Å². The van der Waals surface area contributed by atoms with Crippen LogP contribution in [0.5, 0.6) is 0 Å². The van der Waals surface area contributed by atoms with Gasteiger partial charge in [-0.3, -0.25) is 9.89 Å². The number of carbonyl (C=O) groups is 1. The van der Waals surface area contributed by atoms with E-state index >= 15 is 0 Å². The van der Waals surface area contributed by atoms with Gasteiger partial charge in [-0.25, -0.2) is 4.79 Å². The van der Waals surface area contributed by atoms with E-state index in [9.17, 15) is 9.59 Å². The molecule has 3 N–H and O–H groups in total. The van der Waals surface area contributed by atoms with Crippen LogP contribution in [0.2, 0.25) is 0 Å². The lowest BCUT2D eigenvalue weighted by atomic mass is 10.2. The van der Waals surface area contributed by atoms with Gasteiger partial charge in [0, 0.05) is 6.07 Å². The summed E-state index contributed by atoms with van der Waals surface area (Å²) in [6.45, 7) is 4.54. The summed E-state index contributed by atoms with van der Waals surface area (Å²) in [5.74, 6) is 0.308. The third kappa shape index (κ3) is 4.35. The molecule has 84 valence electrons. The molecule has 0 atom stereocenters. The van der Waals surface area contributed by atoms with Gasteiger partial charge in [-0.2, -0.15) is 0 Å². The predicted molar refractivity (Wildman–Crippen MR) is 54.4 cm³/mol. The minimum Gasteiger partial charge on any atom is -0.449 e. The number of carbonyl (C=O) groups excluding carboxylic acids is 1. The molecule has 0 bridgehead atoms. The molecule has 6 heteroatoms. The number of ether oxygens (including phenoxy) is 1. The molecule has 1 aromatic rings. The molecule has 0 radical (unpaired) electrons. The zero-order chi connectivity index (χ0) is 11.3. The second-order valence-corrected chi connectivity index (χ2v) is 3.63. The van der Waals surface area contributed by atoms with Crippen molar-refractivity contribution in [1.29, 1.82) is 0 Å². The first-order valence-electron chi connectivity index (χ1n) is 4.75. The molecule has 0 saturated carbocycles. The summed E-state index contributed by atoms with van der Waals surface area (Å²) in [6.07, 6.45) is -0.481. The zero-order valence-corrected chi connectivity index (χ0v) is 8.79. The average Bonchev–Trinajstić information content (AvgIpc) is 2.58. The first-order chi connectivity index (χ1) is 7.08. The second-order valence-electron chi connectivity index (χ2n) is 3.63. The summed E-state index contributed by atoms with van der Waals surface area (Å²) in [5, 5.41) is 7.50. The van der Waals surface area contributed by atoms with Crippen LogP contribution in [0.3, 0.4) is 0 Å².